The van der Waals surface area contributed by atoms with E-state index in [9.17, 15) is 5.11 Å². The number of hydrogen-bond donors (Lipinski definition) is 1. The average molecular weight is 267 g/mol. The van der Waals surface area contributed by atoms with Gasteiger partial charge in [0, 0.05) is 6.54 Å². The molecule has 0 aromatic heterocycles. The van der Waals surface area contributed by atoms with Crippen LogP contribution in [0.15, 0.2) is 54.6 Å². The highest BCUT2D eigenvalue weighted by Crippen LogP contribution is 2.23. The molecule has 1 N–H and O–H groups in total. The van der Waals surface area contributed by atoms with Gasteiger partial charge in [-0.2, -0.15) is 0 Å². The largest absolute Gasteiger partial charge is 0.387 e. The van der Waals surface area contributed by atoms with Crippen molar-refractivity contribution in [1.82, 2.24) is 4.90 Å². The zero-order valence-corrected chi connectivity index (χ0v) is 11.7. The maximum absolute atomic E-state index is 10.3. The summed E-state index contributed by atoms with van der Waals surface area (Å²) in [4.78, 5) is 2.34. The van der Waals surface area contributed by atoms with Crippen molar-refractivity contribution >= 4 is 0 Å². The smallest absolute Gasteiger partial charge is 0.0916 e. The molecule has 1 fully saturated rings. The van der Waals surface area contributed by atoms with Crippen LogP contribution in [0.3, 0.4) is 0 Å². The van der Waals surface area contributed by atoms with Crippen LogP contribution in [-0.2, 0) is 0 Å². The third-order valence-electron chi connectivity index (χ3n) is 4.03. The van der Waals surface area contributed by atoms with Gasteiger partial charge in [0.1, 0.15) is 0 Å². The Labute approximate surface area is 120 Å². The Morgan fingerprint density at radius 3 is 2.10 bits per heavy atom. The molecule has 1 aliphatic rings. The zero-order chi connectivity index (χ0) is 13.8. The van der Waals surface area contributed by atoms with Crippen LogP contribution in [0.1, 0.15) is 24.5 Å². The van der Waals surface area contributed by atoms with Crippen LogP contribution in [-0.4, -0.2) is 29.6 Å². The lowest BCUT2D eigenvalue weighted by atomic mass is 10.0. The number of benzene rings is 2. The van der Waals surface area contributed by atoms with Crippen molar-refractivity contribution in [2.75, 3.05) is 19.6 Å². The van der Waals surface area contributed by atoms with Crippen molar-refractivity contribution < 1.29 is 5.11 Å². The molecule has 0 amide bonds. The van der Waals surface area contributed by atoms with Crippen LogP contribution < -0.4 is 0 Å². The van der Waals surface area contributed by atoms with Gasteiger partial charge in [-0.05, 0) is 42.6 Å². The molecule has 1 atom stereocenters. The number of aliphatic hydroxyl groups excluding tert-OH is 1. The molecule has 1 unspecified atom stereocenters. The summed E-state index contributed by atoms with van der Waals surface area (Å²) in [5, 5.41) is 10.3. The molecule has 20 heavy (non-hydrogen) atoms. The molecular weight excluding hydrogens is 246 g/mol. The quantitative estimate of drug-likeness (QED) is 0.916. The summed E-state index contributed by atoms with van der Waals surface area (Å²) in [6.45, 7) is 3.00. The van der Waals surface area contributed by atoms with Crippen LogP contribution in [0.4, 0.5) is 0 Å². The maximum Gasteiger partial charge on any atom is 0.0916 e. The van der Waals surface area contributed by atoms with Gasteiger partial charge in [-0.25, -0.2) is 0 Å². The molecule has 0 bridgehead atoms. The Bertz CT molecular complexity index is 529. The zero-order valence-electron chi connectivity index (χ0n) is 11.7. The Hall–Kier alpha value is -1.64. The maximum atomic E-state index is 10.3. The molecule has 0 saturated carbocycles. The van der Waals surface area contributed by atoms with Crippen LogP contribution in [0.2, 0.25) is 0 Å². The predicted octanol–water partition coefficient (Wildman–Crippen LogP) is 3.48. The number of nitrogens with zero attached hydrogens (tertiary/aromatic N) is 1. The van der Waals surface area contributed by atoms with Gasteiger partial charge in [-0.1, -0.05) is 54.6 Å². The van der Waals surface area contributed by atoms with E-state index < -0.39 is 0 Å². The highest BCUT2D eigenvalue weighted by atomic mass is 16.3. The van der Waals surface area contributed by atoms with Gasteiger partial charge in [0.25, 0.3) is 0 Å². The molecule has 0 aliphatic carbocycles. The molecule has 3 rings (SSSR count). The Balaban J connectivity index is 1.69. The third kappa shape index (κ3) is 3.09. The fourth-order valence-corrected chi connectivity index (χ4v) is 2.84. The molecule has 104 valence electrons. The summed E-state index contributed by atoms with van der Waals surface area (Å²) in [6, 6.07) is 18.6. The number of likely N-dealkylation sites (tertiary alicyclic amines) is 1. The normalized spacial score (nSPS) is 17.2. The lowest BCUT2D eigenvalue weighted by Gasteiger charge is -2.19. The molecule has 2 heteroatoms. The van der Waals surface area contributed by atoms with Gasteiger partial charge in [-0.15, -0.1) is 0 Å². The first-order valence-corrected chi connectivity index (χ1v) is 7.39. The highest BCUT2D eigenvalue weighted by Gasteiger charge is 2.16. The number of rotatable bonds is 4. The average Bonchev–Trinajstić information content (AvgIpc) is 3.01. The second kappa shape index (κ2) is 6.21. The number of β-amino-alcohol motifs (C(OH)–C–C–N with tert-alkyl or cyclic N) is 1. The lowest BCUT2D eigenvalue weighted by molar-refractivity contribution is 0.126. The molecular formula is C18H21NO. The first kappa shape index (κ1) is 13.3. The monoisotopic (exact) mass is 267 g/mol. The predicted molar refractivity (Wildman–Crippen MR) is 82.5 cm³/mol. The molecule has 2 nitrogen and oxygen atoms in total. The Morgan fingerprint density at radius 2 is 1.45 bits per heavy atom. The lowest BCUT2D eigenvalue weighted by Crippen LogP contribution is -2.25. The molecule has 1 aliphatic heterocycles. The first-order valence-electron chi connectivity index (χ1n) is 7.39. The standard InChI is InChI=1S/C18H21NO/c20-18(14-19-12-4-5-13-19)17-10-8-16(9-11-17)15-6-2-1-3-7-15/h1-3,6-11,18,20H,4-5,12-14H2. The van der Waals surface area contributed by atoms with E-state index in [1.165, 1.54) is 24.0 Å². The van der Waals surface area contributed by atoms with E-state index in [0.29, 0.717) is 0 Å². The summed E-state index contributed by atoms with van der Waals surface area (Å²) < 4.78 is 0. The van der Waals surface area contributed by atoms with E-state index in [1.807, 2.05) is 30.3 Å². The number of hydrogen-bond acceptors (Lipinski definition) is 2. The summed E-state index contributed by atoms with van der Waals surface area (Å²) in [6.07, 6.45) is 2.15. The molecule has 1 saturated heterocycles. The summed E-state index contributed by atoms with van der Waals surface area (Å²) in [5.41, 5.74) is 3.42. The van der Waals surface area contributed by atoms with Gasteiger partial charge >= 0.3 is 0 Å². The number of aliphatic hydroxyl groups is 1. The summed E-state index contributed by atoms with van der Waals surface area (Å²) in [5.74, 6) is 0. The van der Waals surface area contributed by atoms with Crippen LogP contribution in [0, 0.1) is 0 Å². The van der Waals surface area contributed by atoms with E-state index in [-0.39, 0.29) is 6.10 Å². The van der Waals surface area contributed by atoms with Gasteiger partial charge in [0.2, 0.25) is 0 Å². The van der Waals surface area contributed by atoms with E-state index in [1.54, 1.807) is 0 Å². The van der Waals surface area contributed by atoms with Crippen LogP contribution >= 0.6 is 0 Å². The van der Waals surface area contributed by atoms with E-state index in [0.717, 1.165) is 25.2 Å². The van der Waals surface area contributed by atoms with Crippen molar-refractivity contribution in [3.05, 3.63) is 60.2 Å². The molecule has 0 spiro atoms. The van der Waals surface area contributed by atoms with Crippen molar-refractivity contribution in [2.24, 2.45) is 0 Å². The van der Waals surface area contributed by atoms with E-state index >= 15 is 0 Å². The second-order valence-corrected chi connectivity index (χ2v) is 5.51. The van der Waals surface area contributed by atoms with Crippen molar-refractivity contribution in [2.45, 2.75) is 18.9 Å². The first-order chi connectivity index (χ1) is 9.83. The fourth-order valence-electron chi connectivity index (χ4n) is 2.84. The Kier molecular flexibility index (Phi) is 4.14. The SMILES string of the molecule is OC(CN1CCCC1)c1ccc(-c2ccccc2)cc1. The van der Waals surface area contributed by atoms with Crippen LogP contribution in [0.25, 0.3) is 11.1 Å². The molecule has 2 aromatic carbocycles. The summed E-state index contributed by atoms with van der Waals surface area (Å²) >= 11 is 0. The minimum absolute atomic E-state index is 0.377. The van der Waals surface area contributed by atoms with Gasteiger partial charge in [-0.3, -0.25) is 0 Å². The van der Waals surface area contributed by atoms with Gasteiger partial charge in [0.15, 0.2) is 0 Å². The Morgan fingerprint density at radius 1 is 0.850 bits per heavy atom. The van der Waals surface area contributed by atoms with E-state index in [4.69, 9.17) is 0 Å². The third-order valence-corrected chi connectivity index (χ3v) is 4.03. The van der Waals surface area contributed by atoms with Gasteiger partial charge in [0.05, 0.1) is 6.10 Å². The minimum atomic E-state index is -0.377. The molecule has 0 radical (unpaired) electrons. The minimum Gasteiger partial charge on any atom is -0.387 e. The molecule has 2 aromatic rings. The highest BCUT2D eigenvalue weighted by molar-refractivity contribution is 5.63. The van der Waals surface area contributed by atoms with E-state index in [2.05, 4.69) is 29.2 Å². The topological polar surface area (TPSA) is 23.5 Å². The summed E-state index contributed by atoms with van der Waals surface area (Å²) in [7, 11) is 0. The van der Waals surface area contributed by atoms with Crippen LogP contribution in [0.5, 0.6) is 0 Å². The van der Waals surface area contributed by atoms with Crippen molar-refractivity contribution in [3.63, 3.8) is 0 Å². The van der Waals surface area contributed by atoms with Gasteiger partial charge < -0.3 is 10.0 Å². The van der Waals surface area contributed by atoms with Crippen molar-refractivity contribution in [3.8, 4) is 11.1 Å². The fraction of sp³-hybridized carbons (Fsp3) is 0.333. The van der Waals surface area contributed by atoms with Crippen molar-refractivity contribution in [1.29, 1.82) is 0 Å². The molecule has 1 heterocycles. The second-order valence-electron chi connectivity index (χ2n) is 5.51.